The predicted octanol–water partition coefficient (Wildman–Crippen LogP) is 2.78. The number of aromatic amines is 1. The van der Waals surface area contributed by atoms with Gasteiger partial charge in [0.15, 0.2) is 11.5 Å². The molecule has 0 aliphatic carbocycles. The van der Waals surface area contributed by atoms with Crippen LogP contribution in [0.3, 0.4) is 0 Å². The third-order valence-corrected chi connectivity index (χ3v) is 3.27. The van der Waals surface area contributed by atoms with Crippen molar-refractivity contribution in [2.75, 3.05) is 26.6 Å². The number of benzene rings is 1. The summed E-state index contributed by atoms with van der Waals surface area (Å²) >= 11 is 0. The van der Waals surface area contributed by atoms with E-state index in [-0.39, 0.29) is 5.78 Å². The van der Waals surface area contributed by atoms with Gasteiger partial charge in [0.25, 0.3) is 0 Å². The van der Waals surface area contributed by atoms with Gasteiger partial charge in [-0.3, -0.25) is 4.79 Å². The predicted molar refractivity (Wildman–Crippen MR) is 91.1 cm³/mol. The Morgan fingerprint density at radius 3 is 2.33 bits per heavy atom. The van der Waals surface area contributed by atoms with Crippen LogP contribution in [-0.4, -0.2) is 37.1 Å². The van der Waals surface area contributed by atoms with E-state index in [1.807, 2.05) is 0 Å². The lowest BCUT2D eigenvalue weighted by Gasteiger charge is -2.13. The zero-order chi connectivity index (χ0) is 17.7. The van der Waals surface area contributed by atoms with E-state index in [1.165, 1.54) is 27.5 Å². The van der Waals surface area contributed by atoms with E-state index in [0.29, 0.717) is 40.2 Å². The monoisotopic (exact) mass is 329 g/mol. The Balaban J connectivity index is 2.36. The summed E-state index contributed by atoms with van der Waals surface area (Å²) in [7, 11) is 4.48. The summed E-state index contributed by atoms with van der Waals surface area (Å²) in [6.07, 6.45) is 2.98. The molecule has 0 saturated carbocycles. The third kappa shape index (κ3) is 3.40. The summed E-state index contributed by atoms with van der Waals surface area (Å²) in [5.74, 6) is 1.36. The number of hydrogen-bond acceptors (Lipinski definition) is 6. The fraction of sp³-hybridized carbons (Fsp3) is 0.176. The Morgan fingerprint density at radius 1 is 1.21 bits per heavy atom. The summed E-state index contributed by atoms with van der Waals surface area (Å²) in [4.78, 5) is 19.6. The van der Waals surface area contributed by atoms with Crippen LogP contribution >= 0.6 is 0 Å². The highest BCUT2D eigenvalue weighted by molar-refractivity contribution is 6.08. The molecule has 1 heterocycles. The highest BCUT2D eigenvalue weighted by Crippen LogP contribution is 2.38. The average molecular weight is 329 g/mol. The van der Waals surface area contributed by atoms with Gasteiger partial charge in [0.05, 0.1) is 27.5 Å². The maximum absolute atomic E-state index is 12.7. The number of ketones is 1. The van der Waals surface area contributed by atoms with Gasteiger partial charge in [-0.1, -0.05) is 13.2 Å². The number of H-pyrrole nitrogens is 1. The van der Waals surface area contributed by atoms with Crippen molar-refractivity contribution < 1.29 is 19.0 Å². The molecule has 24 heavy (non-hydrogen) atoms. The summed E-state index contributed by atoms with van der Waals surface area (Å²) in [6, 6.07) is 3.17. The van der Waals surface area contributed by atoms with Gasteiger partial charge in [0.1, 0.15) is 5.69 Å². The molecule has 0 unspecified atom stereocenters. The summed E-state index contributed by atoms with van der Waals surface area (Å²) in [6.45, 7) is 7.31. The number of carbonyl (C=O) groups excluding carboxylic acids is 1. The van der Waals surface area contributed by atoms with Gasteiger partial charge in [-0.15, -0.1) is 0 Å². The lowest BCUT2D eigenvalue weighted by molar-refractivity contribution is 0.103. The Kier molecular flexibility index (Phi) is 5.26. The second-order valence-electron chi connectivity index (χ2n) is 4.74. The van der Waals surface area contributed by atoms with Gasteiger partial charge in [-0.05, 0) is 18.2 Å². The number of rotatable bonds is 8. The number of nitrogens with zero attached hydrogens (tertiary/aromatic N) is 1. The van der Waals surface area contributed by atoms with Crippen molar-refractivity contribution in [3.63, 3.8) is 0 Å². The molecule has 0 radical (unpaired) electrons. The molecule has 2 rings (SSSR count). The molecule has 0 atom stereocenters. The van der Waals surface area contributed by atoms with E-state index in [0.717, 1.165) is 0 Å². The first-order chi connectivity index (χ1) is 11.5. The van der Waals surface area contributed by atoms with E-state index in [9.17, 15) is 4.79 Å². The molecular weight excluding hydrogens is 310 g/mol. The van der Waals surface area contributed by atoms with Crippen molar-refractivity contribution in [2.24, 2.45) is 0 Å². The molecule has 0 saturated heterocycles. The molecule has 126 valence electrons. The van der Waals surface area contributed by atoms with Crippen LogP contribution in [0, 0.1) is 0 Å². The molecule has 0 aliphatic rings. The molecule has 0 aliphatic heterocycles. The molecule has 0 bridgehead atoms. The lowest BCUT2D eigenvalue weighted by Crippen LogP contribution is -2.05. The van der Waals surface area contributed by atoms with Crippen LogP contribution in [-0.2, 0) is 0 Å². The molecule has 1 aromatic heterocycles. The number of methoxy groups -OCH3 is 3. The first-order valence-corrected chi connectivity index (χ1v) is 7.02. The SMILES string of the molecule is C=CC(=C)Nc1ncc(C(=O)c2cc(OC)c(OC)c(OC)c2)[nH]1. The Labute approximate surface area is 140 Å². The highest BCUT2D eigenvalue weighted by Gasteiger charge is 2.19. The fourth-order valence-electron chi connectivity index (χ4n) is 2.07. The fourth-order valence-corrected chi connectivity index (χ4v) is 2.07. The van der Waals surface area contributed by atoms with E-state index in [4.69, 9.17) is 14.2 Å². The summed E-state index contributed by atoms with van der Waals surface area (Å²) in [5.41, 5.74) is 1.25. The van der Waals surface area contributed by atoms with Crippen molar-refractivity contribution in [3.05, 3.63) is 54.5 Å². The quantitative estimate of drug-likeness (QED) is 0.572. The van der Waals surface area contributed by atoms with Crippen molar-refractivity contribution >= 4 is 11.7 Å². The van der Waals surface area contributed by atoms with Crippen LogP contribution in [0.2, 0.25) is 0 Å². The van der Waals surface area contributed by atoms with Crippen LogP contribution in [0.4, 0.5) is 5.95 Å². The molecule has 1 aromatic carbocycles. The normalized spacial score (nSPS) is 9.96. The topological polar surface area (TPSA) is 85.5 Å². The number of carbonyl (C=O) groups is 1. The van der Waals surface area contributed by atoms with Crippen molar-refractivity contribution in [1.29, 1.82) is 0 Å². The summed E-state index contributed by atoms with van der Waals surface area (Å²) in [5, 5.41) is 2.88. The van der Waals surface area contributed by atoms with Gasteiger partial charge in [-0.2, -0.15) is 0 Å². The zero-order valence-corrected chi connectivity index (χ0v) is 13.8. The molecule has 2 aromatic rings. The van der Waals surface area contributed by atoms with Gasteiger partial charge in [-0.25, -0.2) is 4.98 Å². The van der Waals surface area contributed by atoms with Crippen LogP contribution in [0.25, 0.3) is 0 Å². The van der Waals surface area contributed by atoms with E-state index in [1.54, 1.807) is 18.2 Å². The molecule has 0 spiro atoms. The third-order valence-electron chi connectivity index (χ3n) is 3.27. The van der Waals surface area contributed by atoms with E-state index < -0.39 is 0 Å². The highest BCUT2D eigenvalue weighted by atomic mass is 16.5. The zero-order valence-electron chi connectivity index (χ0n) is 13.8. The maximum Gasteiger partial charge on any atom is 0.211 e. The minimum atomic E-state index is -0.265. The van der Waals surface area contributed by atoms with Crippen LogP contribution < -0.4 is 19.5 Å². The second-order valence-corrected chi connectivity index (χ2v) is 4.74. The first-order valence-electron chi connectivity index (χ1n) is 7.02. The number of imidazole rings is 1. The first kappa shape index (κ1) is 17.1. The van der Waals surface area contributed by atoms with Crippen molar-refractivity contribution in [1.82, 2.24) is 9.97 Å². The van der Waals surface area contributed by atoms with Gasteiger partial charge < -0.3 is 24.5 Å². The average Bonchev–Trinajstić information content (AvgIpc) is 3.07. The maximum atomic E-state index is 12.7. The second kappa shape index (κ2) is 7.36. The van der Waals surface area contributed by atoms with E-state index in [2.05, 4.69) is 28.4 Å². The standard InChI is InChI=1S/C17H19N3O4/c1-6-10(2)19-17-18-9-12(20-17)15(21)11-7-13(22-3)16(24-5)14(8-11)23-4/h6-9H,1-2H2,3-5H3,(H2,18,19,20). The Morgan fingerprint density at radius 2 is 1.83 bits per heavy atom. The van der Waals surface area contributed by atoms with Crippen molar-refractivity contribution in [2.45, 2.75) is 0 Å². The molecule has 7 heteroatoms. The number of ether oxygens (including phenoxy) is 3. The number of anilines is 1. The summed E-state index contributed by atoms with van der Waals surface area (Å²) < 4.78 is 15.8. The van der Waals surface area contributed by atoms with Gasteiger partial charge >= 0.3 is 0 Å². The molecule has 0 amide bonds. The number of nitrogens with one attached hydrogen (secondary N) is 2. The van der Waals surface area contributed by atoms with Crippen LogP contribution in [0.15, 0.2) is 43.3 Å². The van der Waals surface area contributed by atoms with Crippen LogP contribution in [0.5, 0.6) is 17.2 Å². The Hall–Kier alpha value is -3.22. The molecule has 0 fully saturated rings. The lowest BCUT2D eigenvalue weighted by atomic mass is 10.1. The van der Waals surface area contributed by atoms with Gasteiger partial charge in [0.2, 0.25) is 17.5 Å². The molecule has 2 N–H and O–H groups in total. The van der Waals surface area contributed by atoms with Crippen LogP contribution in [0.1, 0.15) is 16.1 Å². The Bertz CT molecular complexity index is 755. The molecular formula is C17H19N3O4. The van der Waals surface area contributed by atoms with E-state index >= 15 is 0 Å². The number of allylic oxidation sites excluding steroid dienone is 1. The number of hydrogen-bond donors (Lipinski definition) is 2. The smallest absolute Gasteiger partial charge is 0.211 e. The largest absolute Gasteiger partial charge is 0.493 e. The van der Waals surface area contributed by atoms with Crippen molar-refractivity contribution in [3.8, 4) is 17.2 Å². The van der Waals surface area contributed by atoms with Gasteiger partial charge in [0, 0.05) is 11.3 Å². The molecule has 7 nitrogen and oxygen atoms in total. The minimum absolute atomic E-state index is 0.265. The minimum Gasteiger partial charge on any atom is -0.493 e. The number of aromatic nitrogens is 2.